The summed E-state index contributed by atoms with van der Waals surface area (Å²) in [7, 11) is 0. The lowest BCUT2D eigenvalue weighted by atomic mass is 9.93. The second-order valence-electron chi connectivity index (χ2n) is 7.96. The number of hydrogen-bond donors (Lipinski definition) is 1. The lowest BCUT2D eigenvalue weighted by molar-refractivity contribution is -0.143. The van der Waals surface area contributed by atoms with Crippen molar-refractivity contribution in [2.45, 2.75) is 59.4 Å². The number of hydrogen-bond acceptors (Lipinski definition) is 7. The van der Waals surface area contributed by atoms with E-state index in [1.54, 1.807) is 25.2 Å². The maximum Gasteiger partial charge on any atom is 0.357 e. The Hall–Kier alpha value is -3.31. The van der Waals surface area contributed by atoms with E-state index < -0.39 is 11.9 Å². The summed E-state index contributed by atoms with van der Waals surface area (Å²) in [6.07, 6.45) is 5.14. The minimum Gasteiger partial charge on any atom is -0.465 e. The summed E-state index contributed by atoms with van der Waals surface area (Å²) in [6.45, 7) is 5.71. The number of rotatable bonds is 11. The third-order valence-corrected chi connectivity index (χ3v) is 6.59. The van der Waals surface area contributed by atoms with Crippen molar-refractivity contribution in [1.29, 1.82) is 5.26 Å². The third kappa shape index (κ3) is 5.10. The van der Waals surface area contributed by atoms with Crippen LogP contribution in [0, 0.1) is 11.3 Å². The van der Waals surface area contributed by atoms with Crippen LogP contribution in [0.1, 0.15) is 68.1 Å². The Morgan fingerprint density at radius 2 is 1.91 bits per heavy atom. The molecule has 0 aliphatic rings. The largest absolute Gasteiger partial charge is 0.465 e. The van der Waals surface area contributed by atoms with Gasteiger partial charge in [-0.1, -0.05) is 32.3 Å². The van der Waals surface area contributed by atoms with Crippen molar-refractivity contribution in [1.82, 2.24) is 4.57 Å². The number of nitrogen functional groups attached to an aromatic ring is 1. The smallest absolute Gasteiger partial charge is 0.357 e. The Bertz CT molecular complexity index is 1210. The highest BCUT2D eigenvalue weighted by Gasteiger charge is 2.28. The maximum atomic E-state index is 12.9. The molecule has 0 fully saturated rings. The first kappa shape index (κ1) is 25.3. The zero-order valence-corrected chi connectivity index (χ0v) is 20.8. The highest BCUT2D eigenvalue weighted by molar-refractivity contribution is 7.13. The molecule has 2 aromatic heterocycles. The number of fused-ring (bicyclic) bond motifs is 1. The van der Waals surface area contributed by atoms with Crippen molar-refractivity contribution in [3.05, 3.63) is 40.4 Å². The standard InChI is InChI=1S/C26H31N3O4S/c1-4-7-8-9-11-17-14-18-23(28)25(26(31)33-6-3)29(16-21(30)32-5-2)24(18)19(15-27)22(17)20-12-10-13-34-20/h10,12-14H,4-9,11,16,28H2,1-3H3. The molecular formula is C26H31N3O4S. The summed E-state index contributed by atoms with van der Waals surface area (Å²) in [6, 6.07) is 8.25. The molecule has 0 unspecified atom stereocenters. The normalized spacial score (nSPS) is 10.9. The van der Waals surface area contributed by atoms with Crippen molar-refractivity contribution in [2.24, 2.45) is 0 Å². The molecule has 0 amide bonds. The van der Waals surface area contributed by atoms with Crippen LogP contribution in [0.25, 0.3) is 21.3 Å². The molecule has 0 radical (unpaired) electrons. The number of esters is 2. The molecule has 7 nitrogen and oxygen atoms in total. The molecule has 2 N–H and O–H groups in total. The minimum absolute atomic E-state index is 0.0710. The predicted octanol–water partition coefficient (Wildman–Crippen LogP) is 5.69. The molecule has 34 heavy (non-hydrogen) atoms. The molecule has 180 valence electrons. The number of thiophene rings is 1. The number of aromatic nitrogens is 1. The van der Waals surface area contributed by atoms with Crippen LogP contribution in [0.3, 0.4) is 0 Å². The van der Waals surface area contributed by atoms with Gasteiger partial charge in [-0.05, 0) is 49.8 Å². The summed E-state index contributed by atoms with van der Waals surface area (Å²) < 4.78 is 11.9. The molecule has 0 atom stereocenters. The minimum atomic E-state index is -0.633. The second kappa shape index (κ2) is 11.7. The number of carbonyl (C=O) groups is 2. The Labute approximate surface area is 204 Å². The average Bonchev–Trinajstić information content (AvgIpc) is 3.43. The number of carbonyl (C=O) groups excluding carboxylic acids is 2. The molecule has 3 aromatic rings. The highest BCUT2D eigenvalue weighted by Crippen LogP contribution is 2.41. The van der Waals surface area contributed by atoms with Gasteiger partial charge in [0.2, 0.25) is 0 Å². The number of aryl methyl sites for hydroxylation is 1. The van der Waals surface area contributed by atoms with Crippen molar-refractivity contribution in [3.63, 3.8) is 0 Å². The molecule has 3 rings (SSSR count). The van der Waals surface area contributed by atoms with E-state index in [4.69, 9.17) is 15.2 Å². The van der Waals surface area contributed by atoms with E-state index in [0.29, 0.717) is 16.5 Å². The number of benzene rings is 1. The van der Waals surface area contributed by atoms with Gasteiger partial charge in [-0.2, -0.15) is 5.26 Å². The topological polar surface area (TPSA) is 107 Å². The predicted molar refractivity (Wildman–Crippen MR) is 135 cm³/mol. The van der Waals surface area contributed by atoms with Crippen molar-refractivity contribution in [2.75, 3.05) is 18.9 Å². The van der Waals surface area contributed by atoms with E-state index in [9.17, 15) is 14.9 Å². The maximum absolute atomic E-state index is 12.9. The molecule has 0 saturated heterocycles. The monoisotopic (exact) mass is 481 g/mol. The highest BCUT2D eigenvalue weighted by atomic mass is 32.1. The third-order valence-electron chi connectivity index (χ3n) is 5.71. The zero-order valence-electron chi connectivity index (χ0n) is 20.0. The van der Waals surface area contributed by atoms with Gasteiger partial charge in [-0.15, -0.1) is 11.3 Å². The van der Waals surface area contributed by atoms with Crippen molar-refractivity contribution >= 4 is 39.9 Å². The molecule has 0 aliphatic heterocycles. The van der Waals surface area contributed by atoms with Crippen LogP contribution in [-0.4, -0.2) is 29.7 Å². The van der Waals surface area contributed by atoms with E-state index >= 15 is 0 Å². The Balaban J connectivity index is 2.33. The summed E-state index contributed by atoms with van der Waals surface area (Å²) >= 11 is 1.55. The average molecular weight is 482 g/mol. The molecule has 0 spiro atoms. The zero-order chi connectivity index (χ0) is 24.7. The number of ether oxygens (including phenoxy) is 2. The summed E-state index contributed by atoms with van der Waals surface area (Å²) in [5, 5.41) is 12.9. The van der Waals surface area contributed by atoms with Crippen LogP contribution < -0.4 is 5.73 Å². The molecular weight excluding hydrogens is 450 g/mol. The van der Waals surface area contributed by atoms with Crippen LogP contribution in [0.4, 0.5) is 5.69 Å². The molecule has 2 heterocycles. The van der Waals surface area contributed by atoms with Crippen LogP contribution in [-0.2, 0) is 27.2 Å². The van der Waals surface area contributed by atoms with Gasteiger partial charge < -0.3 is 19.8 Å². The summed E-state index contributed by atoms with van der Waals surface area (Å²) in [5.74, 6) is -1.15. The lowest BCUT2D eigenvalue weighted by Crippen LogP contribution is -2.20. The van der Waals surface area contributed by atoms with Crippen molar-refractivity contribution in [3.8, 4) is 16.5 Å². The first-order valence-electron chi connectivity index (χ1n) is 11.7. The Morgan fingerprint density at radius 3 is 2.53 bits per heavy atom. The second-order valence-corrected chi connectivity index (χ2v) is 8.90. The van der Waals surface area contributed by atoms with Crippen LogP contribution >= 0.6 is 11.3 Å². The fourth-order valence-electron chi connectivity index (χ4n) is 4.26. The number of unbranched alkanes of at least 4 members (excludes halogenated alkanes) is 3. The first-order chi connectivity index (χ1) is 16.5. The van der Waals surface area contributed by atoms with Crippen molar-refractivity contribution < 1.29 is 19.1 Å². The van der Waals surface area contributed by atoms with Gasteiger partial charge in [0.15, 0.2) is 5.69 Å². The molecule has 0 aliphatic carbocycles. The van der Waals surface area contributed by atoms with E-state index in [1.807, 2.05) is 23.6 Å². The van der Waals surface area contributed by atoms with Gasteiger partial charge in [0.25, 0.3) is 0 Å². The van der Waals surface area contributed by atoms with E-state index in [2.05, 4.69) is 13.0 Å². The van der Waals surface area contributed by atoms with Gasteiger partial charge in [0.1, 0.15) is 12.6 Å². The SMILES string of the molecule is CCCCCCc1cc2c(N)c(C(=O)OCC)n(CC(=O)OCC)c2c(C#N)c1-c1cccs1. The lowest BCUT2D eigenvalue weighted by Gasteiger charge is -2.15. The van der Waals surface area contributed by atoms with E-state index in [-0.39, 0.29) is 31.1 Å². The van der Waals surface area contributed by atoms with Gasteiger partial charge in [-0.25, -0.2) is 4.79 Å². The fourth-order valence-corrected chi connectivity index (χ4v) is 5.07. The van der Waals surface area contributed by atoms with Crippen LogP contribution in [0.15, 0.2) is 23.6 Å². The first-order valence-corrected chi connectivity index (χ1v) is 12.6. The number of anilines is 1. The van der Waals surface area contributed by atoms with Crippen LogP contribution in [0.2, 0.25) is 0 Å². The van der Waals surface area contributed by atoms with Gasteiger partial charge >= 0.3 is 11.9 Å². The quantitative estimate of drug-likeness (QED) is 0.279. The fraction of sp³-hybridized carbons (Fsp3) is 0.423. The molecule has 8 heteroatoms. The molecule has 1 aromatic carbocycles. The molecule has 0 bridgehead atoms. The van der Waals surface area contributed by atoms with Gasteiger partial charge in [0.05, 0.1) is 30.0 Å². The number of nitriles is 1. The summed E-state index contributed by atoms with van der Waals surface area (Å²) in [5.41, 5.74) is 9.46. The van der Waals surface area contributed by atoms with E-state index in [1.165, 1.54) is 4.57 Å². The Kier molecular flexibility index (Phi) is 8.72. The van der Waals surface area contributed by atoms with Gasteiger partial charge in [-0.3, -0.25) is 4.79 Å². The van der Waals surface area contributed by atoms with Gasteiger partial charge in [0, 0.05) is 15.8 Å². The Morgan fingerprint density at radius 1 is 1.15 bits per heavy atom. The number of nitrogens with zero attached hydrogens (tertiary/aromatic N) is 2. The molecule has 0 saturated carbocycles. The summed E-state index contributed by atoms with van der Waals surface area (Å²) in [4.78, 5) is 26.3. The van der Waals surface area contributed by atoms with Crippen LogP contribution in [0.5, 0.6) is 0 Å². The number of nitrogens with two attached hydrogens (primary N) is 1. The van der Waals surface area contributed by atoms with E-state index in [0.717, 1.165) is 48.1 Å².